The van der Waals surface area contributed by atoms with E-state index in [-0.39, 0.29) is 25.2 Å². The lowest BCUT2D eigenvalue weighted by Gasteiger charge is -2.38. The third-order valence-electron chi connectivity index (χ3n) is 6.68. The van der Waals surface area contributed by atoms with Gasteiger partial charge in [0.15, 0.2) is 0 Å². The highest BCUT2D eigenvalue weighted by Crippen LogP contribution is 2.40. The number of anilines is 2. The minimum absolute atomic E-state index is 0.0699. The number of nitrogens with zero attached hydrogens (tertiary/aromatic N) is 4. The van der Waals surface area contributed by atoms with Gasteiger partial charge in [-0.2, -0.15) is 13.2 Å². The summed E-state index contributed by atoms with van der Waals surface area (Å²) >= 11 is 0. The van der Waals surface area contributed by atoms with Gasteiger partial charge < -0.3 is 19.3 Å². The molecule has 9 nitrogen and oxygen atoms in total. The van der Waals surface area contributed by atoms with E-state index < -0.39 is 35.4 Å². The topological polar surface area (TPSA) is 82.6 Å². The maximum Gasteiger partial charge on any atom is 0.418 e. The zero-order valence-corrected chi connectivity index (χ0v) is 23.0. The second-order valence-electron chi connectivity index (χ2n) is 10.7. The molecule has 2 saturated heterocycles. The number of halogens is 3. The lowest BCUT2D eigenvalue weighted by Crippen LogP contribution is -2.52. The Morgan fingerprint density at radius 1 is 0.925 bits per heavy atom. The summed E-state index contributed by atoms with van der Waals surface area (Å²) in [7, 11) is 1.51. The van der Waals surface area contributed by atoms with Crippen molar-refractivity contribution < 1.29 is 37.0 Å². The number of carbonyl (C=O) groups excluding carboxylic acids is 3. The molecule has 4 rings (SSSR count). The minimum Gasteiger partial charge on any atom is -0.497 e. The Kier molecular flexibility index (Phi) is 8.18. The molecule has 40 heavy (non-hydrogen) atoms. The quantitative estimate of drug-likeness (QED) is 0.503. The van der Waals surface area contributed by atoms with Crippen molar-refractivity contribution in [2.45, 2.75) is 45.5 Å². The van der Waals surface area contributed by atoms with Gasteiger partial charge in [-0.15, -0.1) is 0 Å². The molecule has 0 aromatic heterocycles. The van der Waals surface area contributed by atoms with Crippen LogP contribution in [-0.2, 0) is 22.3 Å². The van der Waals surface area contributed by atoms with Crippen molar-refractivity contribution in [1.29, 1.82) is 0 Å². The fourth-order valence-corrected chi connectivity index (χ4v) is 4.64. The van der Waals surface area contributed by atoms with Crippen LogP contribution in [0.1, 0.15) is 38.3 Å². The van der Waals surface area contributed by atoms with Gasteiger partial charge in [-0.25, -0.2) is 9.59 Å². The Hall–Kier alpha value is -3.96. The number of hydrogen-bond donors (Lipinski definition) is 0. The van der Waals surface area contributed by atoms with Gasteiger partial charge in [-0.05, 0) is 56.7 Å². The Bertz CT molecular complexity index is 1250. The number of benzene rings is 2. The van der Waals surface area contributed by atoms with Crippen molar-refractivity contribution in [3.05, 3.63) is 53.6 Å². The van der Waals surface area contributed by atoms with Crippen molar-refractivity contribution in [3.63, 3.8) is 0 Å². The first kappa shape index (κ1) is 29.0. The van der Waals surface area contributed by atoms with Crippen LogP contribution in [0.4, 0.5) is 34.1 Å². The smallest absolute Gasteiger partial charge is 0.418 e. The van der Waals surface area contributed by atoms with Crippen molar-refractivity contribution in [2.24, 2.45) is 0 Å². The summed E-state index contributed by atoms with van der Waals surface area (Å²) in [5, 5.41) is 0. The number of piperazine rings is 1. The lowest BCUT2D eigenvalue weighted by atomic mass is 10.1. The van der Waals surface area contributed by atoms with Crippen molar-refractivity contribution in [1.82, 2.24) is 9.80 Å². The summed E-state index contributed by atoms with van der Waals surface area (Å²) in [6.45, 7) is 6.31. The van der Waals surface area contributed by atoms with E-state index in [1.54, 1.807) is 49.9 Å². The molecule has 0 unspecified atom stereocenters. The molecule has 2 aliphatic heterocycles. The highest BCUT2D eigenvalue weighted by atomic mass is 19.4. The second-order valence-corrected chi connectivity index (χ2v) is 10.7. The standard InChI is InChI=1S/C28H33F3N4O5/c1-27(2,3)40-26(38)33-15-13-32(14-16-33)20-7-10-23(22(17-20)28(29,30)31)34-12-11-24(36)35(25(34)37)18-19-5-8-21(39-4)9-6-19/h5-10,17H,11-16,18H2,1-4H3. The van der Waals surface area contributed by atoms with Gasteiger partial charge >= 0.3 is 18.3 Å². The molecule has 0 saturated carbocycles. The molecule has 2 aromatic rings. The van der Waals surface area contributed by atoms with Crippen LogP contribution in [0.2, 0.25) is 0 Å². The first-order chi connectivity index (χ1) is 18.8. The molecule has 0 spiro atoms. The van der Waals surface area contributed by atoms with E-state index in [9.17, 15) is 27.6 Å². The normalized spacial score (nSPS) is 16.9. The molecular weight excluding hydrogens is 529 g/mol. The molecule has 0 atom stereocenters. The third-order valence-corrected chi connectivity index (χ3v) is 6.68. The Labute approximate surface area is 231 Å². The van der Waals surface area contributed by atoms with Gasteiger partial charge in [-0.1, -0.05) is 12.1 Å². The molecule has 2 aromatic carbocycles. The van der Waals surface area contributed by atoms with Gasteiger partial charge in [0.05, 0.1) is 24.9 Å². The Balaban J connectivity index is 1.53. The van der Waals surface area contributed by atoms with E-state index in [2.05, 4.69) is 0 Å². The van der Waals surface area contributed by atoms with Gasteiger partial charge in [0.25, 0.3) is 0 Å². The molecule has 0 N–H and O–H groups in total. The number of rotatable bonds is 5. The lowest BCUT2D eigenvalue weighted by molar-refractivity contribution is -0.137. The van der Waals surface area contributed by atoms with Crippen LogP contribution in [0.3, 0.4) is 0 Å². The van der Waals surface area contributed by atoms with E-state index in [0.717, 1.165) is 15.9 Å². The molecular formula is C28H33F3N4O5. The molecule has 216 valence electrons. The van der Waals surface area contributed by atoms with E-state index >= 15 is 0 Å². The molecule has 0 radical (unpaired) electrons. The van der Waals surface area contributed by atoms with Gasteiger partial charge in [0.2, 0.25) is 5.91 Å². The molecule has 12 heteroatoms. The van der Waals surface area contributed by atoms with Gasteiger partial charge in [-0.3, -0.25) is 14.6 Å². The summed E-state index contributed by atoms with van der Waals surface area (Å²) in [5.74, 6) is 0.146. The van der Waals surface area contributed by atoms with E-state index in [4.69, 9.17) is 9.47 Å². The van der Waals surface area contributed by atoms with Crippen LogP contribution in [0, 0.1) is 0 Å². The maximum atomic E-state index is 14.3. The summed E-state index contributed by atoms with van der Waals surface area (Å²) in [4.78, 5) is 43.5. The number of hydrogen-bond acceptors (Lipinski definition) is 6. The average molecular weight is 563 g/mol. The predicted molar refractivity (Wildman–Crippen MR) is 142 cm³/mol. The number of urea groups is 1. The average Bonchev–Trinajstić information content (AvgIpc) is 2.90. The zero-order valence-electron chi connectivity index (χ0n) is 23.0. The zero-order chi connectivity index (χ0) is 29.2. The van der Waals surface area contributed by atoms with Crippen molar-refractivity contribution >= 4 is 29.4 Å². The predicted octanol–water partition coefficient (Wildman–Crippen LogP) is 5.13. The minimum atomic E-state index is -4.74. The van der Waals surface area contributed by atoms with Crippen LogP contribution in [0.25, 0.3) is 0 Å². The van der Waals surface area contributed by atoms with E-state index in [0.29, 0.717) is 43.2 Å². The molecule has 4 amide bonds. The monoisotopic (exact) mass is 562 g/mol. The van der Waals surface area contributed by atoms with Crippen molar-refractivity contribution in [3.8, 4) is 5.75 Å². The number of alkyl halides is 3. The number of imide groups is 1. The summed E-state index contributed by atoms with van der Waals surface area (Å²) in [6.07, 6.45) is -5.31. The van der Waals surface area contributed by atoms with Crippen molar-refractivity contribution in [2.75, 3.05) is 49.6 Å². The number of ether oxygens (including phenoxy) is 2. The highest BCUT2D eigenvalue weighted by molar-refractivity contribution is 6.06. The SMILES string of the molecule is COc1ccc(CN2C(=O)CCN(c3ccc(N4CCN(C(=O)OC(C)(C)C)CC4)cc3C(F)(F)F)C2=O)cc1. The summed E-state index contributed by atoms with van der Waals surface area (Å²) in [6, 6.07) is 9.77. The van der Waals surface area contributed by atoms with Crippen LogP contribution in [0.15, 0.2) is 42.5 Å². The van der Waals surface area contributed by atoms with E-state index in [1.807, 2.05) is 0 Å². The van der Waals surface area contributed by atoms with Crippen LogP contribution in [-0.4, -0.2) is 73.3 Å². The fourth-order valence-electron chi connectivity index (χ4n) is 4.64. The van der Waals surface area contributed by atoms with Gasteiger partial charge in [0, 0.05) is 44.8 Å². The van der Waals surface area contributed by atoms with Crippen LogP contribution < -0.4 is 14.5 Å². The molecule has 2 aliphatic rings. The Morgan fingerprint density at radius 2 is 1.57 bits per heavy atom. The summed E-state index contributed by atoms with van der Waals surface area (Å²) in [5.41, 5.74) is -0.948. The number of methoxy groups -OCH3 is 1. The second kappa shape index (κ2) is 11.3. The molecule has 2 heterocycles. The summed E-state index contributed by atoms with van der Waals surface area (Å²) < 4.78 is 53.3. The first-order valence-electron chi connectivity index (χ1n) is 13.0. The fraction of sp³-hybridized carbons (Fsp3) is 0.464. The first-order valence-corrected chi connectivity index (χ1v) is 13.0. The van der Waals surface area contributed by atoms with Crippen LogP contribution in [0.5, 0.6) is 5.75 Å². The third kappa shape index (κ3) is 6.60. The molecule has 0 aliphatic carbocycles. The van der Waals surface area contributed by atoms with Crippen LogP contribution >= 0.6 is 0 Å². The molecule has 0 bridgehead atoms. The largest absolute Gasteiger partial charge is 0.497 e. The number of amides is 4. The Morgan fingerprint density at radius 3 is 2.15 bits per heavy atom. The number of carbonyl (C=O) groups is 3. The van der Waals surface area contributed by atoms with E-state index in [1.165, 1.54) is 24.1 Å². The highest BCUT2D eigenvalue weighted by Gasteiger charge is 2.40. The maximum absolute atomic E-state index is 14.3. The van der Waals surface area contributed by atoms with Gasteiger partial charge in [0.1, 0.15) is 11.4 Å². The molecule has 2 fully saturated rings.